The molecule has 8 nitrogen and oxygen atoms in total. The summed E-state index contributed by atoms with van der Waals surface area (Å²) >= 11 is 0. The van der Waals surface area contributed by atoms with Crippen molar-refractivity contribution >= 4 is 10.2 Å². The summed E-state index contributed by atoms with van der Waals surface area (Å²) in [4.78, 5) is 8.07. The molecule has 1 aromatic rings. The van der Waals surface area contributed by atoms with Crippen molar-refractivity contribution in [3.63, 3.8) is 0 Å². The van der Waals surface area contributed by atoms with Crippen LogP contribution in [-0.4, -0.2) is 79.1 Å². The lowest BCUT2D eigenvalue weighted by molar-refractivity contribution is -0.00878. The Kier molecular flexibility index (Phi) is 5.54. The minimum Gasteiger partial charge on any atom is -0.379 e. The number of hydrogen-bond acceptors (Lipinski definition) is 6. The molecule has 0 spiro atoms. The lowest BCUT2D eigenvalue weighted by Gasteiger charge is -2.36. The van der Waals surface area contributed by atoms with E-state index in [-0.39, 0.29) is 6.10 Å². The van der Waals surface area contributed by atoms with Crippen LogP contribution >= 0.6 is 0 Å². The molecule has 2 saturated heterocycles. The van der Waals surface area contributed by atoms with Gasteiger partial charge in [0.15, 0.2) is 0 Å². The average Bonchev–Trinajstić information content (AvgIpc) is 2.62. The van der Waals surface area contributed by atoms with E-state index in [0.29, 0.717) is 46.0 Å². The molecule has 9 heteroatoms. The molecule has 23 heavy (non-hydrogen) atoms. The molecule has 0 radical (unpaired) electrons. The fourth-order valence-corrected chi connectivity index (χ4v) is 4.39. The highest BCUT2D eigenvalue weighted by molar-refractivity contribution is 7.86. The fourth-order valence-electron chi connectivity index (χ4n) is 2.79. The Morgan fingerprint density at radius 3 is 2.70 bits per heavy atom. The minimum atomic E-state index is -3.42. The van der Waals surface area contributed by atoms with Gasteiger partial charge >= 0.3 is 0 Å². The van der Waals surface area contributed by atoms with Crippen molar-refractivity contribution in [3.8, 4) is 0 Å². The first kappa shape index (κ1) is 16.7. The second-order valence-corrected chi connectivity index (χ2v) is 7.54. The van der Waals surface area contributed by atoms with Gasteiger partial charge in [0.2, 0.25) is 0 Å². The molecule has 1 aromatic heterocycles. The summed E-state index contributed by atoms with van der Waals surface area (Å²) in [5.41, 5.74) is 0.941. The van der Waals surface area contributed by atoms with E-state index in [2.05, 4.69) is 9.97 Å². The Morgan fingerprint density at radius 1 is 1.17 bits per heavy atom. The van der Waals surface area contributed by atoms with Crippen molar-refractivity contribution in [1.82, 2.24) is 18.6 Å². The van der Waals surface area contributed by atoms with E-state index in [9.17, 15) is 8.42 Å². The molecule has 0 aromatic carbocycles. The van der Waals surface area contributed by atoms with Crippen molar-refractivity contribution in [1.29, 1.82) is 0 Å². The number of hydrogen-bond donors (Lipinski definition) is 0. The fraction of sp³-hybridized carbons (Fsp3) is 0.714. The number of nitrogens with zero attached hydrogens (tertiary/aromatic N) is 4. The SMILES string of the molecule is O=S(=O)(N1CCOCC1)N1CCO[C@H](CCc2ccncn2)C1. The third-order valence-corrected chi connectivity index (χ3v) is 6.09. The molecule has 0 unspecified atom stereocenters. The van der Waals surface area contributed by atoms with Gasteiger partial charge in [0.25, 0.3) is 10.2 Å². The second-order valence-electron chi connectivity index (χ2n) is 5.61. The first-order valence-corrected chi connectivity index (χ1v) is 9.25. The van der Waals surface area contributed by atoms with E-state index in [0.717, 1.165) is 18.5 Å². The molecule has 2 fully saturated rings. The average molecular weight is 342 g/mol. The van der Waals surface area contributed by atoms with E-state index >= 15 is 0 Å². The standard InChI is InChI=1S/C14H22N4O4S/c19-23(20,17-5-8-21-9-6-17)18-7-10-22-14(11-18)2-1-13-3-4-15-12-16-13/h3-4,12,14H,1-2,5-11H2/t14-/m1/s1. The molecule has 2 aliphatic rings. The van der Waals surface area contributed by atoms with Crippen molar-refractivity contribution in [2.75, 3.05) is 46.0 Å². The lowest BCUT2D eigenvalue weighted by atomic mass is 10.1. The molecular formula is C14H22N4O4S. The summed E-state index contributed by atoms with van der Waals surface area (Å²) in [6.45, 7) is 2.99. The molecular weight excluding hydrogens is 320 g/mol. The summed E-state index contributed by atoms with van der Waals surface area (Å²) in [6.07, 6.45) is 4.62. The third-order valence-electron chi connectivity index (χ3n) is 4.09. The number of ether oxygens (including phenoxy) is 2. The van der Waals surface area contributed by atoms with Crippen LogP contribution in [-0.2, 0) is 26.1 Å². The smallest absolute Gasteiger partial charge is 0.282 e. The largest absolute Gasteiger partial charge is 0.379 e. The highest BCUT2D eigenvalue weighted by Crippen LogP contribution is 2.18. The van der Waals surface area contributed by atoms with E-state index < -0.39 is 10.2 Å². The maximum Gasteiger partial charge on any atom is 0.282 e. The molecule has 0 aliphatic carbocycles. The third kappa shape index (κ3) is 4.24. The second kappa shape index (κ2) is 7.63. The number of rotatable bonds is 5. The monoisotopic (exact) mass is 342 g/mol. The van der Waals surface area contributed by atoms with Gasteiger partial charge in [-0.2, -0.15) is 17.0 Å². The highest BCUT2D eigenvalue weighted by Gasteiger charge is 2.34. The van der Waals surface area contributed by atoms with Gasteiger partial charge in [-0.1, -0.05) is 0 Å². The van der Waals surface area contributed by atoms with Crippen LogP contribution in [0.15, 0.2) is 18.6 Å². The topological polar surface area (TPSA) is 84.9 Å². The number of aromatic nitrogens is 2. The van der Waals surface area contributed by atoms with Gasteiger partial charge in [0.05, 0.1) is 25.9 Å². The predicted molar refractivity (Wildman–Crippen MR) is 83.0 cm³/mol. The highest BCUT2D eigenvalue weighted by atomic mass is 32.2. The molecule has 1 atom stereocenters. The van der Waals surface area contributed by atoms with Crippen LogP contribution in [0.4, 0.5) is 0 Å². The van der Waals surface area contributed by atoms with Gasteiger partial charge in [-0.15, -0.1) is 0 Å². The zero-order chi connectivity index (χ0) is 16.1. The molecule has 3 heterocycles. The maximum atomic E-state index is 12.7. The Labute approximate surface area is 136 Å². The van der Waals surface area contributed by atoms with Gasteiger partial charge in [-0.05, 0) is 18.9 Å². The molecule has 3 rings (SSSR count). The van der Waals surface area contributed by atoms with Crippen LogP contribution in [0.2, 0.25) is 0 Å². The number of aryl methyl sites for hydroxylation is 1. The molecule has 2 aliphatic heterocycles. The molecule has 0 saturated carbocycles. The molecule has 0 amide bonds. The Morgan fingerprint density at radius 2 is 1.96 bits per heavy atom. The van der Waals surface area contributed by atoms with E-state index in [1.54, 1.807) is 6.20 Å². The van der Waals surface area contributed by atoms with Gasteiger partial charge in [-0.25, -0.2) is 9.97 Å². The van der Waals surface area contributed by atoms with Crippen molar-refractivity contribution in [3.05, 3.63) is 24.3 Å². The maximum absolute atomic E-state index is 12.7. The van der Waals surface area contributed by atoms with Crippen molar-refractivity contribution < 1.29 is 17.9 Å². The quantitative estimate of drug-likeness (QED) is 0.730. The first-order valence-electron chi connectivity index (χ1n) is 7.86. The van der Waals surface area contributed by atoms with Crippen LogP contribution in [0.5, 0.6) is 0 Å². The van der Waals surface area contributed by atoms with Crippen molar-refractivity contribution in [2.24, 2.45) is 0 Å². The van der Waals surface area contributed by atoms with Gasteiger partial charge in [0.1, 0.15) is 6.33 Å². The minimum absolute atomic E-state index is 0.102. The Bertz CT molecular complexity index is 592. The van der Waals surface area contributed by atoms with Crippen LogP contribution < -0.4 is 0 Å². The van der Waals surface area contributed by atoms with E-state index in [1.165, 1.54) is 14.9 Å². The van der Waals surface area contributed by atoms with Gasteiger partial charge in [0, 0.05) is 38.1 Å². The van der Waals surface area contributed by atoms with Crippen LogP contribution in [0, 0.1) is 0 Å². The Hall–Kier alpha value is -1.13. The Balaban J connectivity index is 1.57. The first-order chi connectivity index (χ1) is 11.2. The van der Waals surface area contributed by atoms with Crippen LogP contribution in [0.25, 0.3) is 0 Å². The summed E-state index contributed by atoms with van der Waals surface area (Å²) in [5, 5.41) is 0. The summed E-state index contributed by atoms with van der Waals surface area (Å²) < 4.78 is 39.3. The van der Waals surface area contributed by atoms with E-state index in [4.69, 9.17) is 9.47 Å². The normalized spacial score (nSPS) is 24.6. The van der Waals surface area contributed by atoms with Gasteiger partial charge < -0.3 is 9.47 Å². The summed E-state index contributed by atoms with van der Waals surface area (Å²) in [6, 6.07) is 1.87. The zero-order valence-electron chi connectivity index (χ0n) is 13.0. The number of morpholine rings is 2. The van der Waals surface area contributed by atoms with E-state index in [1.807, 2.05) is 6.07 Å². The lowest BCUT2D eigenvalue weighted by Crippen LogP contribution is -2.53. The zero-order valence-corrected chi connectivity index (χ0v) is 13.8. The van der Waals surface area contributed by atoms with Crippen molar-refractivity contribution in [2.45, 2.75) is 18.9 Å². The van der Waals surface area contributed by atoms with Gasteiger partial charge in [-0.3, -0.25) is 0 Å². The molecule has 128 valence electrons. The molecule has 0 bridgehead atoms. The molecule has 0 N–H and O–H groups in total. The predicted octanol–water partition coefficient (Wildman–Crippen LogP) is -0.313. The van der Waals surface area contributed by atoms with Crippen LogP contribution in [0.1, 0.15) is 12.1 Å². The summed E-state index contributed by atoms with van der Waals surface area (Å²) in [5.74, 6) is 0. The summed E-state index contributed by atoms with van der Waals surface area (Å²) in [7, 11) is -3.42. The van der Waals surface area contributed by atoms with Crippen LogP contribution in [0.3, 0.4) is 0 Å².